The minimum atomic E-state index is 0.917. The first-order valence-corrected chi connectivity index (χ1v) is 4.43. The fourth-order valence-electron chi connectivity index (χ4n) is 2.96. The largest absolute Gasteiger partial charge is 0.300 e. The lowest BCUT2D eigenvalue weighted by molar-refractivity contribution is 0.294. The molecule has 58 valence electrons. The Labute approximate surface area is 63.4 Å². The Morgan fingerprint density at radius 1 is 1.00 bits per heavy atom. The Hall–Kier alpha value is -0.0400. The number of hydrogen-bond donors (Lipinski definition) is 0. The molecule has 2 aliphatic rings. The van der Waals surface area contributed by atoms with Gasteiger partial charge in [-0.25, -0.2) is 0 Å². The van der Waals surface area contributed by atoms with E-state index in [1.165, 1.54) is 12.8 Å². The molecule has 1 heteroatoms. The zero-order valence-electron chi connectivity index (χ0n) is 7.17. The number of fused-ring (bicyclic) bond motifs is 2. The van der Waals surface area contributed by atoms with Crippen LogP contribution in [0.1, 0.15) is 26.7 Å². The predicted molar refractivity (Wildman–Crippen MR) is 42.9 cm³/mol. The second kappa shape index (κ2) is 1.97. The summed E-state index contributed by atoms with van der Waals surface area (Å²) >= 11 is 0. The molecule has 0 aromatic heterocycles. The van der Waals surface area contributed by atoms with Gasteiger partial charge >= 0.3 is 0 Å². The van der Waals surface area contributed by atoms with E-state index in [0.717, 1.165) is 23.9 Å². The van der Waals surface area contributed by atoms with Gasteiger partial charge in [-0.1, -0.05) is 13.8 Å². The van der Waals surface area contributed by atoms with E-state index in [4.69, 9.17) is 0 Å². The van der Waals surface area contributed by atoms with Crippen molar-refractivity contribution >= 4 is 0 Å². The van der Waals surface area contributed by atoms with Gasteiger partial charge in [0.05, 0.1) is 0 Å². The van der Waals surface area contributed by atoms with Crippen LogP contribution >= 0.6 is 0 Å². The van der Waals surface area contributed by atoms with E-state index in [1.807, 2.05) is 0 Å². The van der Waals surface area contributed by atoms with Crippen LogP contribution in [0.3, 0.4) is 0 Å². The standard InChI is InChI=1S/C9H17N/c1-6-7(2)9-5-4-8(6)10(9)3/h6-9H,4-5H2,1-3H3. The quantitative estimate of drug-likeness (QED) is 0.494. The lowest BCUT2D eigenvalue weighted by atomic mass is 9.82. The molecule has 0 aromatic rings. The second-order valence-corrected chi connectivity index (χ2v) is 4.10. The third kappa shape index (κ3) is 0.619. The molecule has 0 amide bonds. The topological polar surface area (TPSA) is 3.24 Å². The molecule has 10 heavy (non-hydrogen) atoms. The summed E-state index contributed by atoms with van der Waals surface area (Å²) in [7, 11) is 2.29. The van der Waals surface area contributed by atoms with E-state index in [2.05, 4.69) is 25.8 Å². The van der Waals surface area contributed by atoms with Crippen LogP contribution in [-0.4, -0.2) is 24.0 Å². The van der Waals surface area contributed by atoms with E-state index in [-0.39, 0.29) is 0 Å². The van der Waals surface area contributed by atoms with Gasteiger partial charge in [-0.3, -0.25) is 4.90 Å². The Balaban J connectivity index is 2.21. The highest BCUT2D eigenvalue weighted by Crippen LogP contribution is 2.43. The number of nitrogens with zero attached hydrogens (tertiary/aromatic N) is 1. The SMILES string of the molecule is CC1C(C)C2CCC1N2C. The monoisotopic (exact) mass is 139 g/mol. The first kappa shape index (κ1) is 6.66. The van der Waals surface area contributed by atoms with Crippen LogP contribution in [0.15, 0.2) is 0 Å². The summed E-state index contributed by atoms with van der Waals surface area (Å²) in [4.78, 5) is 2.59. The van der Waals surface area contributed by atoms with Crippen molar-refractivity contribution in [2.24, 2.45) is 11.8 Å². The van der Waals surface area contributed by atoms with E-state index >= 15 is 0 Å². The van der Waals surface area contributed by atoms with Crippen molar-refractivity contribution in [1.82, 2.24) is 4.90 Å². The third-order valence-corrected chi connectivity index (χ3v) is 3.85. The van der Waals surface area contributed by atoms with Crippen molar-refractivity contribution in [1.29, 1.82) is 0 Å². The third-order valence-electron chi connectivity index (χ3n) is 3.85. The lowest BCUT2D eigenvalue weighted by Crippen LogP contribution is -2.24. The highest BCUT2D eigenvalue weighted by Gasteiger charge is 2.46. The van der Waals surface area contributed by atoms with Gasteiger partial charge < -0.3 is 0 Å². The molecule has 0 N–H and O–H groups in total. The maximum atomic E-state index is 2.59. The molecular formula is C9H17N. The van der Waals surface area contributed by atoms with Crippen molar-refractivity contribution in [3.8, 4) is 0 Å². The van der Waals surface area contributed by atoms with Crippen LogP contribution in [0.25, 0.3) is 0 Å². The zero-order chi connectivity index (χ0) is 7.30. The van der Waals surface area contributed by atoms with Gasteiger partial charge in [-0.2, -0.15) is 0 Å². The lowest BCUT2D eigenvalue weighted by Gasteiger charge is -2.21. The Morgan fingerprint density at radius 3 is 1.60 bits per heavy atom. The summed E-state index contributed by atoms with van der Waals surface area (Å²) in [5, 5.41) is 0. The molecule has 0 aromatic carbocycles. The van der Waals surface area contributed by atoms with E-state index in [1.54, 1.807) is 0 Å². The number of rotatable bonds is 0. The molecular weight excluding hydrogens is 122 g/mol. The minimum Gasteiger partial charge on any atom is -0.300 e. The molecule has 0 spiro atoms. The fraction of sp³-hybridized carbons (Fsp3) is 1.00. The summed E-state index contributed by atoms with van der Waals surface area (Å²) in [6.45, 7) is 4.82. The first-order chi connectivity index (χ1) is 4.72. The molecule has 4 unspecified atom stereocenters. The Morgan fingerprint density at radius 2 is 1.40 bits per heavy atom. The predicted octanol–water partition coefficient (Wildman–Crippen LogP) is 1.74. The van der Waals surface area contributed by atoms with Gasteiger partial charge in [0.15, 0.2) is 0 Å². The average Bonchev–Trinajstić information content (AvgIpc) is 2.34. The van der Waals surface area contributed by atoms with Crippen molar-refractivity contribution in [3.63, 3.8) is 0 Å². The van der Waals surface area contributed by atoms with Crippen LogP contribution in [0.5, 0.6) is 0 Å². The summed E-state index contributed by atoms with van der Waals surface area (Å²) in [6, 6.07) is 1.83. The van der Waals surface area contributed by atoms with Crippen molar-refractivity contribution in [3.05, 3.63) is 0 Å². The minimum absolute atomic E-state index is 0.917. The molecule has 2 rings (SSSR count). The van der Waals surface area contributed by atoms with Gasteiger partial charge in [-0.05, 0) is 31.7 Å². The molecule has 2 bridgehead atoms. The van der Waals surface area contributed by atoms with Crippen LogP contribution in [0, 0.1) is 11.8 Å². The maximum absolute atomic E-state index is 2.59. The molecule has 0 aliphatic carbocycles. The molecule has 2 heterocycles. The Kier molecular flexibility index (Phi) is 1.31. The summed E-state index contributed by atoms with van der Waals surface area (Å²) in [6.07, 6.45) is 2.90. The van der Waals surface area contributed by atoms with Crippen molar-refractivity contribution < 1.29 is 0 Å². The van der Waals surface area contributed by atoms with E-state index < -0.39 is 0 Å². The van der Waals surface area contributed by atoms with Gasteiger partial charge in [0, 0.05) is 12.1 Å². The Bertz CT molecular complexity index is 120. The molecule has 0 radical (unpaired) electrons. The molecule has 2 fully saturated rings. The number of hydrogen-bond acceptors (Lipinski definition) is 1. The average molecular weight is 139 g/mol. The van der Waals surface area contributed by atoms with Crippen LogP contribution in [0.4, 0.5) is 0 Å². The van der Waals surface area contributed by atoms with E-state index in [0.29, 0.717) is 0 Å². The molecule has 2 saturated heterocycles. The highest BCUT2D eigenvalue weighted by molar-refractivity contribution is 5.00. The van der Waals surface area contributed by atoms with Gasteiger partial charge in [0.1, 0.15) is 0 Å². The summed E-state index contributed by atoms with van der Waals surface area (Å²) < 4.78 is 0. The molecule has 2 aliphatic heterocycles. The van der Waals surface area contributed by atoms with E-state index in [9.17, 15) is 0 Å². The normalized spacial score (nSPS) is 54.3. The van der Waals surface area contributed by atoms with Gasteiger partial charge in [0.2, 0.25) is 0 Å². The maximum Gasteiger partial charge on any atom is 0.0125 e. The van der Waals surface area contributed by atoms with Crippen LogP contribution < -0.4 is 0 Å². The van der Waals surface area contributed by atoms with Crippen molar-refractivity contribution in [2.75, 3.05) is 7.05 Å². The second-order valence-electron chi connectivity index (χ2n) is 4.10. The van der Waals surface area contributed by atoms with Gasteiger partial charge in [-0.15, -0.1) is 0 Å². The summed E-state index contributed by atoms with van der Waals surface area (Å²) in [5.74, 6) is 1.90. The molecule has 4 atom stereocenters. The molecule has 1 nitrogen and oxygen atoms in total. The zero-order valence-corrected chi connectivity index (χ0v) is 7.17. The van der Waals surface area contributed by atoms with Crippen LogP contribution in [0.2, 0.25) is 0 Å². The fourth-order valence-corrected chi connectivity index (χ4v) is 2.96. The summed E-state index contributed by atoms with van der Waals surface area (Å²) in [5.41, 5.74) is 0. The van der Waals surface area contributed by atoms with Crippen LogP contribution in [-0.2, 0) is 0 Å². The highest BCUT2D eigenvalue weighted by atomic mass is 15.2. The smallest absolute Gasteiger partial charge is 0.0125 e. The van der Waals surface area contributed by atoms with Crippen molar-refractivity contribution in [2.45, 2.75) is 38.8 Å². The first-order valence-electron chi connectivity index (χ1n) is 4.43. The van der Waals surface area contributed by atoms with Gasteiger partial charge in [0.25, 0.3) is 0 Å². The molecule has 0 saturated carbocycles.